The van der Waals surface area contributed by atoms with Gasteiger partial charge in [-0.25, -0.2) is 0 Å². The summed E-state index contributed by atoms with van der Waals surface area (Å²) >= 11 is 0. The summed E-state index contributed by atoms with van der Waals surface area (Å²) in [6, 6.07) is 80.5. The van der Waals surface area contributed by atoms with Crippen molar-refractivity contribution in [3.8, 4) is 55.6 Å². The number of fused-ring (bicyclic) bond motifs is 5. The molecule has 0 heteroatoms. The van der Waals surface area contributed by atoms with Crippen LogP contribution in [0.1, 0.15) is 0 Å². The predicted molar refractivity (Wildman–Crippen MR) is 241 cm³/mol. The molecule has 0 heterocycles. The van der Waals surface area contributed by atoms with Crippen molar-refractivity contribution in [3.63, 3.8) is 0 Å². The molecule has 0 aromatic heterocycles. The quantitative estimate of drug-likeness (QED) is 0.156. The molecule has 260 valence electrons. The first kappa shape index (κ1) is 32.2. The molecular weight excluding hydrogens is 673 g/mol. The average molecular weight is 709 g/mol. The molecular formula is C56H36. The zero-order chi connectivity index (χ0) is 37.0. The van der Waals surface area contributed by atoms with Crippen molar-refractivity contribution in [2.45, 2.75) is 0 Å². The first-order valence-corrected chi connectivity index (χ1v) is 19.4. The maximum absolute atomic E-state index is 2.43. The second kappa shape index (κ2) is 13.2. The number of hydrogen-bond acceptors (Lipinski definition) is 0. The number of hydrogen-bond donors (Lipinski definition) is 0. The minimum absolute atomic E-state index is 1.21. The Labute approximate surface area is 326 Å². The summed E-state index contributed by atoms with van der Waals surface area (Å²) in [5, 5.41) is 12.5. The summed E-state index contributed by atoms with van der Waals surface area (Å²) in [5.74, 6) is 0. The lowest BCUT2D eigenvalue weighted by molar-refractivity contribution is 1.62. The van der Waals surface area contributed by atoms with Crippen molar-refractivity contribution in [3.05, 3.63) is 218 Å². The van der Waals surface area contributed by atoms with E-state index < -0.39 is 0 Å². The normalized spacial score (nSPS) is 11.6. The minimum atomic E-state index is 1.21. The third kappa shape index (κ3) is 5.38. The molecule has 0 N–H and O–H groups in total. The zero-order valence-corrected chi connectivity index (χ0v) is 30.8. The van der Waals surface area contributed by atoms with Crippen molar-refractivity contribution in [1.29, 1.82) is 0 Å². The van der Waals surface area contributed by atoms with Crippen molar-refractivity contribution >= 4 is 53.9 Å². The lowest BCUT2D eigenvalue weighted by Gasteiger charge is -2.20. The molecule has 0 amide bonds. The molecule has 11 aromatic carbocycles. The van der Waals surface area contributed by atoms with Crippen LogP contribution in [0.3, 0.4) is 0 Å². The molecule has 0 saturated carbocycles. The largest absolute Gasteiger partial charge is 0.0616 e. The number of rotatable bonds is 5. The highest BCUT2D eigenvalue weighted by atomic mass is 14.2. The van der Waals surface area contributed by atoms with Crippen LogP contribution < -0.4 is 0 Å². The van der Waals surface area contributed by atoms with Crippen molar-refractivity contribution in [1.82, 2.24) is 0 Å². The molecule has 0 radical (unpaired) electrons. The maximum Gasteiger partial charge on any atom is -0.00259 e. The van der Waals surface area contributed by atoms with Gasteiger partial charge in [-0.05, 0) is 134 Å². The highest BCUT2D eigenvalue weighted by Gasteiger charge is 2.19. The summed E-state index contributed by atoms with van der Waals surface area (Å²) in [6.07, 6.45) is 0. The van der Waals surface area contributed by atoms with Crippen LogP contribution >= 0.6 is 0 Å². The molecule has 11 aromatic rings. The fourth-order valence-corrected chi connectivity index (χ4v) is 8.99. The molecule has 0 aliphatic rings. The first-order chi connectivity index (χ1) is 27.8. The van der Waals surface area contributed by atoms with Crippen LogP contribution in [0.15, 0.2) is 218 Å². The van der Waals surface area contributed by atoms with E-state index in [1.807, 2.05) is 0 Å². The van der Waals surface area contributed by atoms with Gasteiger partial charge in [0.25, 0.3) is 0 Å². The lowest BCUT2D eigenvalue weighted by atomic mass is 9.83. The second-order valence-electron chi connectivity index (χ2n) is 14.8. The monoisotopic (exact) mass is 708 g/mol. The topological polar surface area (TPSA) is 0 Å². The average Bonchev–Trinajstić information content (AvgIpc) is 3.27. The first-order valence-electron chi connectivity index (χ1n) is 19.4. The Morgan fingerprint density at radius 2 is 0.589 bits per heavy atom. The molecule has 0 fully saturated rings. The third-order valence-electron chi connectivity index (χ3n) is 11.6. The Morgan fingerprint density at radius 1 is 0.179 bits per heavy atom. The van der Waals surface area contributed by atoms with E-state index in [2.05, 4.69) is 218 Å². The van der Waals surface area contributed by atoms with Gasteiger partial charge in [0.05, 0.1) is 0 Å². The molecule has 0 nitrogen and oxygen atoms in total. The summed E-state index contributed by atoms with van der Waals surface area (Å²) in [5.41, 5.74) is 12.3. The van der Waals surface area contributed by atoms with Crippen LogP contribution in [0.5, 0.6) is 0 Å². The molecule has 0 unspecified atom stereocenters. The van der Waals surface area contributed by atoms with Gasteiger partial charge in [-0.2, -0.15) is 0 Å². The van der Waals surface area contributed by atoms with Gasteiger partial charge in [0.2, 0.25) is 0 Å². The van der Waals surface area contributed by atoms with Crippen LogP contribution in [-0.4, -0.2) is 0 Å². The highest BCUT2D eigenvalue weighted by molar-refractivity contribution is 6.22. The Kier molecular flexibility index (Phi) is 7.60. The van der Waals surface area contributed by atoms with Crippen LogP contribution in [-0.2, 0) is 0 Å². The van der Waals surface area contributed by atoms with Crippen LogP contribution in [0.25, 0.3) is 109 Å². The van der Waals surface area contributed by atoms with Crippen molar-refractivity contribution in [2.24, 2.45) is 0 Å². The Bertz CT molecular complexity index is 3300. The third-order valence-corrected chi connectivity index (χ3v) is 11.6. The molecule has 11 rings (SSSR count). The molecule has 0 bridgehead atoms. The van der Waals surface area contributed by atoms with E-state index in [0.717, 1.165) is 0 Å². The summed E-state index contributed by atoms with van der Waals surface area (Å²) in [7, 11) is 0. The summed E-state index contributed by atoms with van der Waals surface area (Å²) < 4.78 is 0. The fourth-order valence-electron chi connectivity index (χ4n) is 8.99. The molecule has 0 saturated heterocycles. The summed E-state index contributed by atoms with van der Waals surface area (Å²) in [4.78, 5) is 0. The molecule has 56 heavy (non-hydrogen) atoms. The smallest absolute Gasteiger partial charge is 0.00259 e. The van der Waals surface area contributed by atoms with Crippen LogP contribution in [0, 0.1) is 0 Å². The van der Waals surface area contributed by atoms with E-state index in [1.165, 1.54) is 109 Å². The van der Waals surface area contributed by atoms with E-state index in [0.29, 0.717) is 0 Å². The second-order valence-corrected chi connectivity index (χ2v) is 14.8. The van der Waals surface area contributed by atoms with Gasteiger partial charge < -0.3 is 0 Å². The van der Waals surface area contributed by atoms with Gasteiger partial charge in [-0.1, -0.05) is 194 Å². The minimum Gasteiger partial charge on any atom is -0.0616 e. The van der Waals surface area contributed by atoms with E-state index in [9.17, 15) is 0 Å². The predicted octanol–water partition coefficient (Wildman–Crippen LogP) is 15.8. The Balaban J connectivity index is 1.19. The molecule has 0 aliphatic carbocycles. The van der Waals surface area contributed by atoms with Gasteiger partial charge in [0, 0.05) is 0 Å². The van der Waals surface area contributed by atoms with E-state index in [1.54, 1.807) is 0 Å². The Hall–Kier alpha value is -7.28. The number of benzene rings is 11. The van der Waals surface area contributed by atoms with Crippen molar-refractivity contribution in [2.75, 3.05) is 0 Å². The van der Waals surface area contributed by atoms with Gasteiger partial charge in [0.15, 0.2) is 0 Å². The SMILES string of the molecule is c1cc(-c2cccc3ccccc23)cc(-c2c3ccccc3c(-c3cccc(-c4cccc5ccccc45)c3)c3cc(-c4ccc5ccccc5c4)ccc23)c1. The Morgan fingerprint density at radius 3 is 1.20 bits per heavy atom. The molecule has 0 aliphatic heterocycles. The van der Waals surface area contributed by atoms with Crippen LogP contribution in [0.2, 0.25) is 0 Å². The van der Waals surface area contributed by atoms with E-state index in [-0.39, 0.29) is 0 Å². The van der Waals surface area contributed by atoms with Gasteiger partial charge >= 0.3 is 0 Å². The van der Waals surface area contributed by atoms with Gasteiger partial charge in [-0.15, -0.1) is 0 Å². The fraction of sp³-hybridized carbons (Fsp3) is 0. The lowest BCUT2D eigenvalue weighted by Crippen LogP contribution is -1.93. The van der Waals surface area contributed by atoms with Gasteiger partial charge in [0.1, 0.15) is 0 Å². The maximum atomic E-state index is 2.43. The van der Waals surface area contributed by atoms with E-state index >= 15 is 0 Å². The summed E-state index contributed by atoms with van der Waals surface area (Å²) in [6.45, 7) is 0. The molecule has 0 atom stereocenters. The zero-order valence-electron chi connectivity index (χ0n) is 30.8. The van der Waals surface area contributed by atoms with Crippen molar-refractivity contribution < 1.29 is 0 Å². The van der Waals surface area contributed by atoms with Crippen LogP contribution in [0.4, 0.5) is 0 Å². The van der Waals surface area contributed by atoms with E-state index in [4.69, 9.17) is 0 Å². The molecule has 0 spiro atoms. The standard InChI is InChI=1S/C56H36/c1-2-16-40-33-41(30-29-37(40)13-1)42-31-32-53-54(36-42)56(46-22-10-20-44(35-46)50-28-12-18-39-15-4-6-24-48(39)50)52-26-8-7-25-51(52)55(53)45-21-9-19-43(34-45)49-27-11-17-38-14-3-5-23-47(38)49/h1-36H. The highest BCUT2D eigenvalue weighted by Crippen LogP contribution is 2.46. The van der Waals surface area contributed by atoms with Gasteiger partial charge in [-0.3, -0.25) is 0 Å².